The summed E-state index contributed by atoms with van der Waals surface area (Å²) < 4.78 is 0. The Balaban J connectivity index is 3.56. The van der Waals surface area contributed by atoms with Crippen LogP contribution in [0.15, 0.2) is 0 Å². The third kappa shape index (κ3) is 3.37. The third-order valence-corrected chi connectivity index (χ3v) is 2.94. The van der Waals surface area contributed by atoms with E-state index in [1.165, 1.54) is 35.8 Å². The summed E-state index contributed by atoms with van der Waals surface area (Å²) in [6.07, 6.45) is 3.93. The van der Waals surface area contributed by atoms with Crippen molar-refractivity contribution < 1.29 is 0 Å². The molecule has 0 rings (SSSR count). The minimum absolute atomic E-state index is 0.803. The second-order valence-electron chi connectivity index (χ2n) is 2.89. The van der Waals surface area contributed by atoms with Gasteiger partial charge in [-0.15, -0.1) is 0 Å². The van der Waals surface area contributed by atoms with E-state index < -0.39 is 0 Å². The maximum absolute atomic E-state index is 2.59. The Labute approximate surface area is 68.2 Å². The first kappa shape index (κ1) is 10.2. The fourth-order valence-corrected chi connectivity index (χ4v) is 2.18. The SMILES string of the molecule is CCCN(C[SiH3])C(C)CC. The van der Waals surface area contributed by atoms with Gasteiger partial charge in [0.1, 0.15) is 0 Å². The second-order valence-corrected chi connectivity index (χ2v) is 3.52. The van der Waals surface area contributed by atoms with Crippen LogP contribution >= 0.6 is 0 Å². The lowest BCUT2D eigenvalue weighted by atomic mass is 10.2. The van der Waals surface area contributed by atoms with Crippen LogP contribution in [0.25, 0.3) is 0 Å². The van der Waals surface area contributed by atoms with E-state index in [-0.39, 0.29) is 0 Å². The molecule has 1 nitrogen and oxygen atoms in total. The quantitative estimate of drug-likeness (QED) is 0.537. The lowest BCUT2D eigenvalue weighted by molar-refractivity contribution is 0.239. The fraction of sp³-hybridized carbons (Fsp3) is 1.00. The van der Waals surface area contributed by atoms with Gasteiger partial charge in [0, 0.05) is 16.3 Å². The Bertz CT molecular complexity index is 75.7. The van der Waals surface area contributed by atoms with Gasteiger partial charge in [0.2, 0.25) is 0 Å². The van der Waals surface area contributed by atoms with E-state index in [1.807, 2.05) is 0 Å². The molecule has 0 spiro atoms. The van der Waals surface area contributed by atoms with Gasteiger partial charge in [-0.2, -0.15) is 0 Å². The molecule has 62 valence electrons. The molecule has 0 saturated carbocycles. The van der Waals surface area contributed by atoms with Gasteiger partial charge in [0.05, 0.1) is 0 Å². The summed E-state index contributed by atoms with van der Waals surface area (Å²) >= 11 is 0. The van der Waals surface area contributed by atoms with Crippen LogP contribution in [0.1, 0.15) is 33.6 Å². The Hall–Kier alpha value is 0.177. The highest BCUT2D eigenvalue weighted by atomic mass is 28.1. The summed E-state index contributed by atoms with van der Waals surface area (Å²) in [6.45, 7) is 8.14. The number of hydrogen-bond acceptors (Lipinski definition) is 1. The lowest BCUT2D eigenvalue weighted by Crippen LogP contribution is -2.34. The fourth-order valence-electron chi connectivity index (χ4n) is 1.24. The molecular weight excluding hydrogens is 138 g/mol. The number of hydrogen-bond donors (Lipinski definition) is 0. The first-order chi connectivity index (χ1) is 4.76. The molecule has 0 bridgehead atoms. The van der Waals surface area contributed by atoms with E-state index in [0.717, 1.165) is 6.04 Å². The lowest BCUT2D eigenvalue weighted by Gasteiger charge is -2.26. The van der Waals surface area contributed by atoms with E-state index in [4.69, 9.17) is 0 Å². The normalized spacial score (nSPS) is 14.4. The van der Waals surface area contributed by atoms with Crippen LogP contribution in [0.3, 0.4) is 0 Å². The predicted octanol–water partition coefficient (Wildman–Crippen LogP) is 0.820. The highest BCUT2D eigenvalue weighted by Gasteiger charge is 2.06. The second kappa shape index (κ2) is 5.92. The van der Waals surface area contributed by atoms with Crippen molar-refractivity contribution in [2.24, 2.45) is 0 Å². The smallest absolute Gasteiger partial charge is 0.0205 e. The van der Waals surface area contributed by atoms with Crippen molar-refractivity contribution in [1.29, 1.82) is 0 Å². The molecule has 10 heavy (non-hydrogen) atoms. The van der Waals surface area contributed by atoms with E-state index in [9.17, 15) is 0 Å². The van der Waals surface area contributed by atoms with Crippen molar-refractivity contribution >= 4 is 10.2 Å². The Morgan fingerprint density at radius 1 is 1.40 bits per heavy atom. The Kier molecular flexibility index (Phi) is 6.03. The number of rotatable bonds is 5. The zero-order chi connectivity index (χ0) is 7.98. The van der Waals surface area contributed by atoms with Crippen LogP contribution in [0, 0.1) is 0 Å². The van der Waals surface area contributed by atoms with Gasteiger partial charge in [0.15, 0.2) is 0 Å². The minimum atomic E-state index is 0.803. The summed E-state index contributed by atoms with van der Waals surface area (Å²) in [6, 6.07) is 0.803. The molecule has 0 saturated heterocycles. The van der Waals surface area contributed by atoms with E-state index in [1.54, 1.807) is 0 Å². The minimum Gasteiger partial charge on any atom is -0.304 e. The largest absolute Gasteiger partial charge is 0.304 e. The molecule has 0 heterocycles. The van der Waals surface area contributed by atoms with Crippen LogP contribution < -0.4 is 0 Å². The maximum Gasteiger partial charge on any atom is 0.0205 e. The van der Waals surface area contributed by atoms with Gasteiger partial charge in [-0.25, -0.2) is 0 Å². The molecule has 0 aromatic rings. The molecular formula is C8H21NSi. The first-order valence-corrected chi connectivity index (χ1v) is 5.91. The van der Waals surface area contributed by atoms with Crippen molar-refractivity contribution in [3.8, 4) is 0 Å². The zero-order valence-electron chi connectivity index (χ0n) is 7.85. The Morgan fingerprint density at radius 3 is 2.30 bits per heavy atom. The molecule has 0 N–H and O–H groups in total. The highest BCUT2D eigenvalue weighted by molar-refractivity contribution is 6.08. The monoisotopic (exact) mass is 159 g/mol. The maximum atomic E-state index is 2.59. The molecule has 2 heteroatoms. The van der Waals surface area contributed by atoms with Crippen LogP contribution in [-0.4, -0.2) is 33.9 Å². The topological polar surface area (TPSA) is 3.24 Å². The zero-order valence-corrected chi connectivity index (χ0v) is 9.85. The van der Waals surface area contributed by atoms with Gasteiger partial charge in [0.25, 0.3) is 0 Å². The summed E-state index contributed by atoms with van der Waals surface area (Å²) in [5.41, 5.74) is 0. The molecule has 0 aliphatic heterocycles. The summed E-state index contributed by atoms with van der Waals surface area (Å²) in [4.78, 5) is 2.59. The van der Waals surface area contributed by atoms with Crippen molar-refractivity contribution in [1.82, 2.24) is 4.90 Å². The van der Waals surface area contributed by atoms with E-state index in [2.05, 4.69) is 25.7 Å². The van der Waals surface area contributed by atoms with Gasteiger partial charge in [-0.3, -0.25) is 0 Å². The van der Waals surface area contributed by atoms with Crippen LogP contribution in [0.5, 0.6) is 0 Å². The molecule has 0 fully saturated rings. The molecule has 0 aromatic heterocycles. The van der Waals surface area contributed by atoms with Gasteiger partial charge in [-0.05, 0) is 32.5 Å². The van der Waals surface area contributed by atoms with Crippen LogP contribution in [0.4, 0.5) is 0 Å². The summed E-state index contributed by atoms with van der Waals surface area (Å²) in [5, 5.41) is 0. The number of nitrogens with zero attached hydrogens (tertiary/aromatic N) is 1. The van der Waals surface area contributed by atoms with Gasteiger partial charge in [-0.1, -0.05) is 13.8 Å². The van der Waals surface area contributed by atoms with Crippen LogP contribution in [-0.2, 0) is 0 Å². The van der Waals surface area contributed by atoms with E-state index >= 15 is 0 Å². The molecule has 0 aliphatic rings. The average Bonchev–Trinajstić information content (AvgIpc) is 1.99. The molecule has 1 unspecified atom stereocenters. The summed E-state index contributed by atoms with van der Waals surface area (Å²) in [7, 11) is 1.31. The molecule has 0 radical (unpaired) electrons. The standard InChI is InChI=1S/C8H21NSi/c1-4-6-9(7-10)8(3)5-2/h8H,4-7H2,1-3,10H3. The van der Waals surface area contributed by atoms with Crippen molar-refractivity contribution in [2.45, 2.75) is 39.7 Å². The van der Waals surface area contributed by atoms with Gasteiger partial charge >= 0.3 is 0 Å². The molecule has 1 atom stereocenters. The van der Waals surface area contributed by atoms with Crippen molar-refractivity contribution in [3.05, 3.63) is 0 Å². The molecule has 0 amide bonds. The van der Waals surface area contributed by atoms with Gasteiger partial charge < -0.3 is 4.90 Å². The average molecular weight is 159 g/mol. The van der Waals surface area contributed by atoms with Crippen molar-refractivity contribution in [3.63, 3.8) is 0 Å². The van der Waals surface area contributed by atoms with E-state index in [0.29, 0.717) is 0 Å². The Morgan fingerprint density at radius 2 is 2.00 bits per heavy atom. The predicted molar refractivity (Wildman–Crippen MR) is 51.6 cm³/mol. The summed E-state index contributed by atoms with van der Waals surface area (Å²) in [5.74, 6) is 0. The first-order valence-electron chi connectivity index (χ1n) is 4.50. The molecule has 0 aliphatic carbocycles. The van der Waals surface area contributed by atoms with Crippen molar-refractivity contribution in [2.75, 3.05) is 12.7 Å². The highest BCUT2D eigenvalue weighted by Crippen LogP contribution is 2.01. The van der Waals surface area contributed by atoms with Crippen LogP contribution in [0.2, 0.25) is 0 Å². The molecule has 0 aromatic carbocycles. The third-order valence-electron chi connectivity index (χ3n) is 2.13.